The molecule has 130 valence electrons. The summed E-state index contributed by atoms with van der Waals surface area (Å²) in [6.45, 7) is 0. The molecule has 0 aliphatic heterocycles. The average Bonchev–Trinajstić information content (AvgIpc) is 3.18. The number of para-hydroxylation sites is 2. The summed E-state index contributed by atoms with van der Waals surface area (Å²) in [5.41, 5.74) is 0.0607. The number of nitrogens with zero attached hydrogens (tertiary/aromatic N) is 3. The lowest BCUT2D eigenvalue weighted by molar-refractivity contribution is 0.405. The van der Waals surface area contributed by atoms with Gasteiger partial charge in [0.1, 0.15) is 0 Å². The standard InChI is InChI=1S/C19H9N3O5/c23-18-10-5-1-3-7-12(10)20-16(25-18)14-9-15(27-22-14)17-21-13-8-4-2-6-11(13)19(24)26-17/h1-9H. The minimum atomic E-state index is -0.538. The number of benzene rings is 2. The van der Waals surface area contributed by atoms with Gasteiger partial charge in [-0.15, -0.1) is 0 Å². The van der Waals surface area contributed by atoms with Gasteiger partial charge in [0.25, 0.3) is 11.8 Å². The van der Waals surface area contributed by atoms with E-state index in [1.807, 2.05) is 0 Å². The fourth-order valence-electron chi connectivity index (χ4n) is 2.73. The van der Waals surface area contributed by atoms with Gasteiger partial charge in [0.05, 0.1) is 21.8 Å². The van der Waals surface area contributed by atoms with Crippen LogP contribution in [-0.2, 0) is 0 Å². The molecule has 0 N–H and O–H groups in total. The highest BCUT2D eigenvalue weighted by Gasteiger charge is 2.17. The second-order valence-electron chi connectivity index (χ2n) is 5.72. The van der Waals surface area contributed by atoms with Crippen LogP contribution < -0.4 is 11.3 Å². The summed E-state index contributed by atoms with van der Waals surface area (Å²) < 4.78 is 15.6. The lowest BCUT2D eigenvalue weighted by atomic mass is 10.2. The van der Waals surface area contributed by atoms with Crippen LogP contribution in [0.15, 0.2) is 77.5 Å². The Morgan fingerprint density at radius 3 is 1.93 bits per heavy atom. The molecule has 0 amide bonds. The highest BCUT2D eigenvalue weighted by molar-refractivity contribution is 5.79. The van der Waals surface area contributed by atoms with Crippen molar-refractivity contribution < 1.29 is 13.4 Å². The van der Waals surface area contributed by atoms with Gasteiger partial charge in [0, 0.05) is 6.07 Å². The molecular weight excluding hydrogens is 350 g/mol. The predicted octanol–water partition coefficient (Wildman–Crippen LogP) is 3.01. The zero-order valence-corrected chi connectivity index (χ0v) is 13.6. The average molecular weight is 359 g/mol. The summed E-state index contributed by atoms with van der Waals surface area (Å²) in [6, 6.07) is 15.1. The van der Waals surface area contributed by atoms with Crippen LogP contribution in [0, 0.1) is 0 Å². The number of rotatable bonds is 2. The molecule has 0 bridgehead atoms. The Morgan fingerprint density at radius 2 is 1.26 bits per heavy atom. The van der Waals surface area contributed by atoms with E-state index in [1.54, 1.807) is 48.5 Å². The Bertz CT molecular complexity index is 1320. The first-order valence-corrected chi connectivity index (χ1v) is 7.96. The maximum atomic E-state index is 12.1. The van der Waals surface area contributed by atoms with E-state index in [1.165, 1.54) is 6.07 Å². The van der Waals surface area contributed by atoms with Crippen LogP contribution in [0.1, 0.15) is 0 Å². The predicted molar refractivity (Wildman–Crippen MR) is 95.0 cm³/mol. The van der Waals surface area contributed by atoms with E-state index in [4.69, 9.17) is 13.4 Å². The fourth-order valence-corrected chi connectivity index (χ4v) is 2.73. The van der Waals surface area contributed by atoms with E-state index in [2.05, 4.69) is 15.1 Å². The van der Waals surface area contributed by atoms with Gasteiger partial charge in [-0.2, -0.15) is 0 Å². The third kappa shape index (κ3) is 2.51. The number of fused-ring (bicyclic) bond motifs is 2. The molecular formula is C19H9N3O5. The van der Waals surface area contributed by atoms with E-state index in [0.29, 0.717) is 21.8 Å². The Morgan fingerprint density at radius 1 is 0.704 bits per heavy atom. The van der Waals surface area contributed by atoms with Crippen LogP contribution in [0.25, 0.3) is 45.0 Å². The van der Waals surface area contributed by atoms with E-state index in [-0.39, 0.29) is 23.2 Å². The Balaban J connectivity index is 1.63. The first kappa shape index (κ1) is 15.2. The molecule has 8 heteroatoms. The molecule has 5 aromatic rings. The van der Waals surface area contributed by atoms with Crippen molar-refractivity contribution >= 4 is 21.8 Å². The zero-order valence-electron chi connectivity index (χ0n) is 13.6. The smallest absolute Gasteiger partial charge is 0.347 e. The third-order valence-electron chi connectivity index (χ3n) is 4.01. The van der Waals surface area contributed by atoms with Crippen LogP contribution in [0.4, 0.5) is 0 Å². The lowest BCUT2D eigenvalue weighted by Gasteiger charge is -1.97. The minimum Gasteiger partial charge on any atom is -0.401 e. The molecule has 0 aliphatic rings. The quantitative estimate of drug-likeness (QED) is 0.473. The highest BCUT2D eigenvalue weighted by atomic mass is 16.5. The Kier molecular flexibility index (Phi) is 3.23. The van der Waals surface area contributed by atoms with Gasteiger partial charge in [-0.05, 0) is 24.3 Å². The van der Waals surface area contributed by atoms with Crippen LogP contribution in [0.5, 0.6) is 0 Å². The Hall–Kier alpha value is -4.07. The lowest BCUT2D eigenvalue weighted by Crippen LogP contribution is -2.02. The topological polar surface area (TPSA) is 112 Å². The van der Waals surface area contributed by atoms with E-state index in [9.17, 15) is 9.59 Å². The molecule has 27 heavy (non-hydrogen) atoms. The monoisotopic (exact) mass is 359 g/mol. The minimum absolute atomic E-state index is 0.00293. The maximum Gasteiger partial charge on any atom is 0.347 e. The van der Waals surface area contributed by atoms with Crippen molar-refractivity contribution in [3.05, 3.63) is 75.4 Å². The fraction of sp³-hybridized carbons (Fsp3) is 0. The summed E-state index contributed by atoms with van der Waals surface area (Å²) in [7, 11) is 0. The van der Waals surface area contributed by atoms with E-state index < -0.39 is 11.3 Å². The van der Waals surface area contributed by atoms with Crippen molar-refractivity contribution in [1.82, 2.24) is 15.1 Å². The molecule has 0 radical (unpaired) electrons. The van der Waals surface area contributed by atoms with Gasteiger partial charge >= 0.3 is 11.3 Å². The van der Waals surface area contributed by atoms with Crippen molar-refractivity contribution in [2.75, 3.05) is 0 Å². The van der Waals surface area contributed by atoms with Gasteiger partial charge in [-0.1, -0.05) is 29.4 Å². The number of hydrogen-bond acceptors (Lipinski definition) is 8. The molecule has 0 aliphatic carbocycles. The van der Waals surface area contributed by atoms with Gasteiger partial charge in [-0.25, -0.2) is 19.6 Å². The highest BCUT2D eigenvalue weighted by Crippen LogP contribution is 2.24. The molecule has 0 unspecified atom stereocenters. The SMILES string of the molecule is O=c1oc(-c2cc(-c3nc4ccccc4c(=O)o3)on2)nc2ccccc12. The summed E-state index contributed by atoms with van der Waals surface area (Å²) in [4.78, 5) is 32.7. The van der Waals surface area contributed by atoms with E-state index in [0.717, 1.165) is 0 Å². The first-order valence-electron chi connectivity index (χ1n) is 7.96. The molecule has 3 heterocycles. The normalized spacial score (nSPS) is 11.3. The summed E-state index contributed by atoms with van der Waals surface area (Å²) in [6.07, 6.45) is 0. The van der Waals surface area contributed by atoms with Crippen molar-refractivity contribution in [1.29, 1.82) is 0 Å². The van der Waals surface area contributed by atoms with Crippen molar-refractivity contribution in [2.45, 2.75) is 0 Å². The molecule has 0 spiro atoms. The van der Waals surface area contributed by atoms with Gasteiger partial charge in [0.2, 0.25) is 5.76 Å². The van der Waals surface area contributed by atoms with Gasteiger partial charge < -0.3 is 13.4 Å². The van der Waals surface area contributed by atoms with Crippen molar-refractivity contribution in [3.8, 4) is 23.2 Å². The largest absolute Gasteiger partial charge is 0.401 e. The molecule has 0 saturated carbocycles. The number of hydrogen-bond donors (Lipinski definition) is 0. The maximum absolute atomic E-state index is 12.1. The molecule has 3 aromatic heterocycles. The second-order valence-corrected chi connectivity index (χ2v) is 5.72. The molecule has 0 fully saturated rings. The first-order chi connectivity index (χ1) is 13.2. The van der Waals surface area contributed by atoms with Crippen LogP contribution >= 0.6 is 0 Å². The third-order valence-corrected chi connectivity index (χ3v) is 4.01. The molecule has 2 aromatic carbocycles. The zero-order chi connectivity index (χ0) is 18.4. The molecule has 8 nitrogen and oxygen atoms in total. The van der Waals surface area contributed by atoms with Crippen molar-refractivity contribution in [2.24, 2.45) is 0 Å². The Labute approximate surface area is 149 Å². The van der Waals surface area contributed by atoms with E-state index >= 15 is 0 Å². The van der Waals surface area contributed by atoms with Crippen LogP contribution in [-0.4, -0.2) is 15.1 Å². The molecule has 0 atom stereocenters. The summed E-state index contributed by atoms with van der Waals surface area (Å²) in [5, 5.41) is 4.58. The van der Waals surface area contributed by atoms with Crippen molar-refractivity contribution in [3.63, 3.8) is 0 Å². The molecule has 0 saturated heterocycles. The summed E-state index contributed by atoms with van der Waals surface area (Å²) in [5.74, 6) is 0.0860. The van der Waals surface area contributed by atoms with Gasteiger partial charge in [-0.3, -0.25) is 0 Å². The number of aromatic nitrogens is 3. The second kappa shape index (κ2) is 5.73. The van der Waals surface area contributed by atoms with Crippen LogP contribution in [0.2, 0.25) is 0 Å². The van der Waals surface area contributed by atoms with Crippen LogP contribution in [0.3, 0.4) is 0 Å². The summed E-state index contributed by atoms with van der Waals surface area (Å²) >= 11 is 0. The molecule has 5 rings (SSSR count). The van der Waals surface area contributed by atoms with Gasteiger partial charge in [0.15, 0.2) is 5.69 Å².